The Bertz CT molecular complexity index is 63.4. The monoisotopic (exact) mass is 103 g/mol. The molecule has 2 nitrogen and oxygen atoms in total. The minimum atomic E-state index is -0.193. The van der Waals surface area contributed by atoms with Crippen LogP contribution < -0.4 is 0 Å². The molecule has 0 bridgehead atoms. The number of esters is 1. The van der Waals surface area contributed by atoms with Crippen LogP contribution in [0.1, 0.15) is 21.7 Å². The van der Waals surface area contributed by atoms with Gasteiger partial charge in [0, 0.05) is 6.92 Å². The van der Waals surface area contributed by atoms with Gasteiger partial charge in [-0.1, -0.05) is 6.92 Å². The van der Waals surface area contributed by atoms with E-state index in [2.05, 4.69) is 4.74 Å². The maximum atomic E-state index is 9.98. The molecule has 0 aliphatic heterocycles. The van der Waals surface area contributed by atoms with E-state index in [4.69, 9.17) is 0 Å². The summed E-state index contributed by atoms with van der Waals surface area (Å²) in [6.45, 7) is 3.92. The van der Waals surface area contributed by atoms with E-state index in [0.29, 0.717) is 6.61 Å². The van der Waals surface area contributed by atoms with Crippen molar-refractivity contribution in [3.8, 4) is 0 Å². The Labute approximate surface area is 45.0 Å². The molecular weight excluding hydrogens is 92.1 g/mol. The molecule has 0 heterocycles. The highest BCUT2D eigenvalue weighted by Crippen LogP contribution is 1.78. The van der Waals surface area contributed by atoms with Crippen LogP contribution in [-0.4, -0.2) is 12.6 Å². The van der Waals surface area contributed by atoms with Crippen molar-refractivity contribution in [1.82, 2.24) is 0 Å². The van der Waals surface area contributed by atoms with Crippen LogP contribution in [0.3, 0.4) is 0 Å². The fourth-order valence-corrected chi connectivity index (χ4v) is 0.246. The summed E-state index contributed by atoms with van der Waals surface area (Å²) in [4.78, 5) is 9.98. The molecule has 0 fully saturated rings. The van der Waals surface area contributed by atoms with Crippen molar-refractivity contribution in [1.29, 1.82) is 0 Å². The Hall–Kier alpha value is -0.530. The average molecular weight is 103 g/mol. The van der Waals surface area contributed by atoms with Crippen molar-refractivity contribution >= 4 is 5.97 Å². The summed E-state index contributed by atoms with van der Waals surface area (Å²) >= 11 is 0. The zero-order chi connectivity index (χ0) is 5.70. The van der Waals surface area contributed by atoms with Gasteiger partial charge in [-0.05, 0) is 6.42 Å². The lowest BCUT2D eigenvalue weighted by Gasteiger charge is -1.93. The van der Waals surface area contributed by atoms with Gasteiger partial charge in [-0.15, -0.1) is 0 Å². The first-order chi connectivity index (χ1) is 3.27. The van der Waals surface area contributed by atoms with Gasteiger partial charge in [0.2, 0.25) is 0 Å². The molecule has 0 spiro atoms. The standard InChI is InChI=1S/C5H10O2/c1-3-4-7-5(2)6/h3-4H2,1-2H3/p+1. The van der Waals surface area contributed by atoms with Gasteiger partial charge < -0.3 is 4.74 Å². The topological polar surface area (TPSA) is 26.3 Å². The third kappa shape index (κ3) is 5.47. The summed E-state index contributed by atoms with van der Waals surface area (Å²) in [6, 6.07) is 0. The van der Waals surface area contributed by atoms with Gasteiger partial charge in [0.15, 0.2) is 0 Å². The van der Waals surface area contributed by atoms with Gasteiger partial charge in [-0.2, -0.15) is 0 Å². The van der Waals surface area contributed by atoms with E-state index < -0.39 is 0 Å². The van der Waals surface area contributed by atoms with Crippen LogP contribution in [0.4, 0.5) is 0 Å². The van der Waals surface area contributed by atoms with Crippen molar-refractivity contribution in [2.75, 3.05) is 6.61 Å². The normalized spacial score (nSPS) is 8.29. The molecule has 42 valence electrons. The van der Waals surface area contributed by atoms with Crippen LogP contribution in [0, 0.1) is 0 Å². The molecule has 0 amide bonds. The molecular formula is C5H11O2+. The lowest BCUT2D eigenvalue weighted by atomic mass is 10.5. The van der Waals surface area contributed by atoms with E-state index in [1.165, 1.54) is 6.92 Å². The van der Waals surface area contributed by atoms with Gasteiger partial charge >= 0.3 is 7.40 Å². The lowest BCUT2D eigenvalue weighted by Crippen LogP contribution is -1.98. The van der Waals surface area contributed by atoms with E-state index in [9.17, 15) is 4.79 Å². The molecule has 0 saturated carbocycles. The van der Waals surface area contributed by atoms with Crippen molar-refractivity contribution in [3.05, 3.63) is 0 Å². The molecule has 0 aromatic rings. The molecule has 2 heteroatoms. The van der Waals surface area contributed by atoms with Crippen molar-refractivity contribution in [2.45, 2.75) is 20.3 Å². The molecule has 0 N–H and O–H groups in total. The molecule has 0 unspecified atom stereocenters. The smallest absolute Gasteiger partial charge is 0.466 e. The van der Waals surface area contributed by atoms with Crippen molar-refractivity contribution < 1.29 is 11.0 Å². The maximum Gasteiger partial charge on any atom is 1.00 e. The van der Waals surface area contributed by atoms with E-state index in [1.807, 2.05) is 6.92 Å². The van der Waals surface area contributed by atoms with Gasteiger partial charge in [0.05, 0.1) is 6.61 Å². The molecule has 7 heavy (non-hydrogen) atoms. The third-order valence-corrected chi connectivity index (χ3v) is 0.509. The summed E-state index contributed by atoms with van der Waals surface area (Å²) in [5, 5.41) is 0. The second-order valence-corrected chi connectivity index (χ2v) is 1.34. The second kappa shape index (κ2) is 3.65. The fourth-order valence-electron chi connectivity index (χ4n) is 0.246. The molecule has 0 aliphatic rings. The molecule has 0 saturated heterocycles. The number of carbonyl (C=O) groups is 1. The van der Waals surface area contributed by atoms with Crippen LogP contribution in [0.25, 0.3) is 0 Å². The summed E-state index contributed by atoms with van der Waals surface area (Å²) < 4.78 is 4.55. The quantitative estimate of drug-likeness (QED) is 0.489. The third-order valence-electron chi connectivity index (χ3n) is 0.509. The highest BCUT2D eigenvalue weighted by Gasteiger charge is 1.85. The SMILES string of the molecule is CCCOC(C)=O.[H+]. The number of ether oxygens (including phenoxy) is 1. The Kier molecular flexibility index (Phi) is 3.38. The van der Waals surface area contributed by atoms with E-state index in [0.717, 1.165) is 6.42 Å². The zero-order valence-corrected chi connectivity index (χ0v) is 4.73. The molecule has 0 atom stereocenters. The number of hydrogen-bond donors (Lipinski definition) is 0. The van der Waals surface area contributed by atoms with Crippen LogP contribution in [0.5, 0.6) is 0 Å². The molecule has 0 aliphatic carbocycles. The minimum Gasteiger partial charge on any atom is -0.466 e. The Morgan fingerprint density at radius 1 is 1.86 bits per heavy atom. The molecule has 0 aromatic carbocycles. The molecule has 0 radical (unpaired) electrons. The highest BCUT2D eigenvalue weighted by atomic mass is 16.5. The summed E-state index contributed by atoms with van der Waals surface area (Å²) in [7, 11) is 0. The predicted molar refractivity (Wildman–Crippen MR) is 28.0 cm³/mol. The van der Waals surface area contributed by atoms with Gasteiger partial charge in [-0.25, -0.2) is 0 Å². The van der Waals surface area contributed by atoms with E-state index >= 15 is 0 Å². The fraction of sp³-hybridized carbons (Fsp3) is 0.800. The largest absolute Gasteiger partial charge is 1.00 e. The highest BCUT2D eigenvalue weighted by molar-refractivity contribution is 5.65. The van der Waals surface area contributed by atoms with Crippen LogP contribution in [-0.2, 0) is 9.53 Å². The number of rotatable bonds is 2. The van der Waals surface area contributed by atoms with Crippen molar-refractivity contribution in [2.24, 2.45) is 0 Å². The maximum absolute atomic E-state index is 9.98. The minimum absolute atomic E-state index is 0. The lowest BCUT2D eigenvalue weighted by molar-refractivity contribution is -0.140. The second-order valence-electron chi connectivity index (χ2n) is 1.34. The predicted octanol–water partition coefficient (Wildman–Crippen LogP) is 1.07. The van der Waals surface area contributed by atoms with Gasteiger partial charge in [0.25, 0.3) is 0 Å². The van der Waals surface area contributed by atoms with Gasteiger partial charge in [-0.3, -0.25) is 4.79 Å². The zero-order valence-electron chi connectivity index (χ0n) is 5.73. The first-order valence-electron chi connectivity index (χ1n) is 2.40. The summed E-state index contributed by atoms with van der Waals surface area (Å²) in [5.74, 6) is -0.193. The Balaban J connectivity index is 0. The van der Waals surface area contributed by atoms with Crippen molar-refractivity contribution in [3.63, 3.8) is 0 Å². The first kappa shape index (κ1) is 6.47. The number of hydrogen-bond acceptors (Lipinski definition) is 2. The summed E-state index contributed by atoms with van der Waals surface area (Å²) in [5.41, 5.74) is 0. The van der Waals surface area contributed by atoms with Crippen LogP contribution in [0.15, 0.2) is 0 Å². The summed E-state index contributed by atoms with van der Waals surface area (Å²) in [6.07, 6.45) is 0.902. The van der Waals surface area contributed by atoms with Crippen LogP contribution >= 0.6 is 0 Å². The number of carbonyl (C=O) groups excluding carboxylic acids is 1. The van der Waals surface area contributed by atoms with E-state index in [1.54, 1.807) is 0 Å². The Morgan fingerprint density at radius 3 is 2.57 bits per heavy atom. The van der Waals surface area contributed by atoms with Gasteiger partial charge in [0.1, 0.15) is 0 Å². The van der Waals surface area contributed by atoms with Crippen LogP contribution in [0.2, 0.25) is 0 Å². The van der Waals surface area contributed by atoms with E-state index in [-0.39, 0.29) is 7.40 Å². The Morgan fingerprint density at radius 2 is 2.43 bits per heavy atom. The first-order valence-corrected chi connectivity index (χ1v) is 2.40. The average Bonchev–Trinajstić information content (AvgIpc) is 1.61. The molecule has 0 aromatic heterocycles. The molecule has 0 rings (SSSR count).